The Bertz CT molecular complexity index is 353. The van der Waals surface area contributed by atoms with Crippen LogP contribution in [0, 0.1) is 10.1 Å². The Labute approximate surface area is 116 Å². The van der Waals surface area contributed by atoms with Gasteiger partial charge in [-0.3, -0.25) is 21.9 Å². The monoisotopic (exact) mass is 343 g/mol. The molecule has 0 unspecified atom stereocenters. The van der Waals surface area contributed by atoms with Gasteiger partial charge in [-0.2, -0.15) is 8.42 Å². The quantitative estimate of drug-likeness (QED) is 0.374. The van der Waals surface area contributed by atoms with Crippen molar-refractivity contribution in [2.75, 3.05) is 42.7 Å². The molecule has 0 N–H and O–H groups in total. The lowest BCUT2D eigenvalue weighted by Gasteiger charge is -2.08. The fraction of sp³-hybridized carbons (Fsp3) is 1.00. The molecule has 0 spiro atoms. The van der Waals surface area contributed by atoms with Crippen LogP contribution in [0.1, 0.15) is 0 Å². The van der Waals surface area contributed by atoms with Crippen LogP contribution in [0.3, 0.4) is 0 Å². The molecule has 0 saturated carbocycles. The van der Waals surface area contributed by atoms with Gasteiger partial charge in [-0.05, 0) is 0 Å². The third-order valence-corrected chi connectivity index (χ3v) is 3.39. The molecule has 0 aromatic heterocycles. The van der Waals surface area contributed by atoms with Crippen LogP contribution in [0.25, 0.3) is 0 Å². The topological polar surface area (TPSA) is 150 Å². The van der Waals surface area contributed by atoms with E-state index >= 15 is 0 Å². The molecule has 0 heterocycles. The molecule has 0 aliphatic carbocycles. The average molecular weight is 343 g/mol. The minimum atomic E-state index is -3.66. The molecule has 0 fully saturated rings. The van der Waals surface area contributed by atoms with E-state index in [9.17, 15) is 13.0 Å². The van der Waals surface area contributed by atoms with Crippen molar-refractivity contribution in [3.05, 3.63) is 10.1 Å². The Hall–Kier alpha value is -0.820. The Balaban J connectivity index is -0.000000223. The van der Waals surface area contributed by atoms with Gasteiger partial charge in [0, 0.05) is 21.3 Å². The predicted octanol–water partition coefficient (Wildman–Crippen LogP) is 0.382. The summed E-state index contributed by atoms with van der Waals surface area (Å²) in [6.07, 6.45) is 0. The van der Waals surface area contributed by atoms with Crippen molar-refractivity contribution < 1.29 is 44.8 Å². The van der Waals surface area contributed by atoms with Crippen molar-refractivity contribution in [2.45, 2.75) is 0 Å². The van der Waals surface area contributed by atoms with E-state index in [0.717, 1.165) is 21.3 Å². The highest BCUT2D eigenvalue weighted by molar-refractivity contribution is 7.81. The highest BCUT2D eigenvalue weighted by Gasteiger charge is 2.18. The molecule has 0 aliphatic heterocycles. The average Bonchev–Trinajstić information content (AvgIpc) is 2.47. The Morgan fingerprint density at radius 3 is 1.15 bits per heavy atom. The standard InChI is InChI=1S/C3H9O4P.C2H6O4S.CH3NO3/c1-5-8(4,6-2)7-3;1-5-7(3,4)6-2;1-5-2(3)4/h1-3H3;1-2H3;1H3. The summed E-state index contributed by atoms with van der Waals surface area (Å²) in [6.45, 7) is 0. The second kappa shape index (κ2) is 13.2. The Kier molecular flexibility index (Phi) is 16.0. The van der Waals surface area contributed by atoms with Gasteiger partial charge in [0.1, 0.15) is 0 Å². The van der Waals surface area contributed by atoms with E-state index in [1.807, 2.05) is 0 Å². The first-order chi connectivity index (χ1) is 9.07. The molecule has 0 aromatic carbocycles. The van der Waals surface area contributed by atoms with E-state index in [1.54, 1.807) is 0 Å². The lowest BCUT2D eigenvalue weighted by molar-refractivity contribution is -0.749. The molecule has 0 saturated heterocycles. The third-order valence-electron chi connectivity index (χ3n) is 1.23. The summed E-state index contributed by atoms with van der Waals surface area (Å²) in [5, 5.41) is 8.08. The van der Waals surface area contributed by atoms with Crippen LogP contribution in [0.2, 0.25) is 0 Å². The highest BCUT2D eigenvalue weighted by atomic mass is 32.3. The smallest absolute Gasteiger partial charge is 0.317 e. The molecule has 124 valence electrons. The largest absolute Gasteiger partial charge is 0.473 e. The Morgan fingerprint density at radius 1 is 0.900 bits per heavy atom. The number of phosphoric acid groups is 1. The fourth-order valence-electron chi connectivity index (χ4n) is 0.292. The Morgan fingerprint density at radius 2 is 1.15 bits per heavy atom. The molecule has 0 rings (SSSR count). The van der Waals surface area contributed by atoms with E-state index in [0.29, 0.717) is 0 Å². The molecule has 0 atom stereocenters. The zero-order chi connectivity index (χ0) is 16.8. The first kappa shape index (κ1) is 24.2. The second-order valence-electron chi connectivity index (χ2n) is 2.14. The van der Waals surface area contributed by atoms with Gasteiger partial charge in [0.15, 0.2) is 0 Å². The molecular formula is C6H18NO11PS. The summed E-state index contributed by atoms with van der Waals surface area (Å²) in [7, 11) is 0.00694. The van der Waals surface area contributed by atoms with E-state index < -0.39 is 23.3 Å². The van der Waals surface area contributed by atoms with Crippen LogP contribution in [-0.2, 0) is 41.7 Å². The van der Waals surface area contributed by atoms with Crippen LogP contribution < -0.4 is 0 Å². The van der Waals surface area contributed by atoms with Crippen LogP contribution in [-0.4, -0.2) is 56.2 Å². The van der Waals surface area contributed by atoms with Crippen molar-refractivity contribution in [3.8, 4) is 0 Å². The van der Waals surface area contributed by atoms with E-state index in [4.69, 9.17) is 10.1 Å². The lowest BCUT2D eigenvalue weighted by Crippen LogP contribution is -2.02. The maximum atomic E-state index is 10.7. The molecule has 0 bridgehead atoms. The van der Waals surface area contributed by atoms with Crippen LogP contribution >= 0.6 is 7.82 Å². The number of hydrogen-bond acceptors (Lipinski definition) is 11. The third kappa shape index (κ3) is 17.2. The van der Waals surface area contributed by atoms with Gasteiger partial charge in [-0.15, -0.1) is 10.1 Å². The second-order valence-corrected chi connectivity index (χ2v) is 5.62. The summed E-state index contributed by atoms with van der Waals surface area (Å²) < 4.78 is 51.2. The lowest BCUT2D eigenvalue weighted by atomic mass is 11.7. The van der Waals surface area contributed by atoms with Gasteiger partial charge >= 0.3 is 18.2 Å². The maximum Gasteiger partial charge on any atom is 0.473 e. The van der Waals surface area contributed by atoms with Gasteiger partial charge in [0.05, 0.1) is 21.3 Å². The first-order valence-electron chi connectivity index (χ1n) is 4.39. The predicted molar refractivity (Wildman–Crippen MR) is 65.6 cm³/mol. The molecule has 0 amide bonds. The van der Waals surface area contributed by atoms with E-state index in [2.05, 4.69) is 26.8 Å². The van der Waals surface area contributed by atoms with Gasteiger partial charge < -0.3 is 4.84 Å². The van der Waals surface area contributed by atoms with Crippen molar-refractivity contribution in [1.82, 2.24) is 0 Å². The molecule has 14 heteroatoms. The van der Waals surface area contributed by atoms with Gasteiger partial charge in [0.25, 0.3) is 5.09 Å². The summed E-state index contributed by atoms with van der Waals surface area (Å²) in [5.41, 5.74) is 0. The molecular weight excluding hydrogens is 325 g/mol. The minimum absolute atomic E-state index is 0.875. The van der Waals surface area contributed by atoms with Gasteiger partial charge in [-0.1, -0.05) is 0 Å². The number of nitrogens with zero attached hydrogens (tertiary/aromatic N) is 1. The number of phosphoric ester groups is 1. The molecule has 12 nitrogen and oxygen atoms in total. The van der Waals surface area contributed by atoms with Crippen molar-refractivity contribution in [2.24, 2.45) is 0 Å². The number of rotatable bonds is 6. The summed E-state index contributed by atoms with van der Waals surface area (Å²) in [6, 6.07) is 0. The molecule has 0 aliphatic rings. The van der Waals surface area contributed by atoms with Crippen LogP contribution in [0.4, 0.5) is 0 Å². The van der Waals surface area contributed by atoms with Gasteiger partial charge in [-0.25, -0.2) is 4.57 Å². The van der Waals surface area contributed by atoms with Crippen LogP contribution in [0.5, 0.6) is 0 Å². The maximum absolute atomic E-state index is 10.7. The SMILES string of the molecule is COP(=O)(OC)OC.COS(=O)(=O)OC.CO[N+](=O)[O-]. The zero-order valence-electron chi connectivity index (χ0n) is 11.8. The van der Waals surface area contributed by atoms with Crippen molar-refractivity contribution in [3.63, 3.8) is 0 Å². The normalized spacial score (nSPS) is 10.5. The van der Waals surface area contributed by atoms with Gasteiger partial charge in [0.2, 0.25) is 0 Å². The minimum Gasteiger partial charge on any atom is -0.317 e. The molecule has 20 heavy (non-hydrogen) atoms. The van der Waals surface area contributed by atoms with Crippen molar-refractivity contribution >= 4 is 18.2 Å². The van der Waals surface area contributed by atoms with Crippen molar-refractivity contribution in [1.29, 1.82) is 0 Å². The summed E-state index contributed by atoms with van der Waals surface area (Å²) >= 11 is 0. The fourth-order valence-corrected chi connectivity index (χ4v) is 0.875. The van der Waals surface area contributed by atoms with E-state index in [1.165, 1.54) is 21.3 Å². The zero-order valence-corrected chi connectivity index (χ0v) is 13.5. The summed E-state index contributed by atoms with van der Waals surface area (Å²) in [4.78, 5) is 12.4. The highest BCUT2D eigenvalue weighted by Crippen LogP contribution is 2.46. The molecule has 0 aromatic rings. The summed E-state index contributed by atoms with van der Waals surface area (Å²) in [5.74, 6) is 0. The van der Waals surface area contributed by atoms with Crippen LogP contribution in [0.15, 0.2) is 0 Å². The first-order valence-corrected chi connectivity index (χ1v) is 7.19. The molecule has 0 radical (unpaired) electrons. The van der Waals surface area contributed by atoms with E-state index in [-0.39, 0.29) is 0 Å². The number of hydrogen-bond donors (Lipinski definition) is 0.